The molecule has 2 atom stereocenters. The quantitative estimate of drug-likeness (QED) is 0.626. The van der Waals surface area contributed by atoms with Crippen LogP contribution in [0.25, 0.3) is 0 Å². The van der Waals surface area contributed by atoms with Gasteiger partial charge in [-0.15, -0.1) is 11.8 Å². The molecule has 0 rings (SSSR count). The number of amides is 1. The largest absolute Gasteiger partial charge is 0.480 e. The monoisotopic (exact) mass is 319 g/mol. The lowest BCUT2D eigenvalue weighted by Gasteiger charge is -2.19. The number of aliphatic carboxylic acids is 1. The molecule has 0 spiro atoms. The van der Waals surface area contributed by atoms with Gasteiger partial charge in [0.15, 0.2) is 0 Å². The maximum atomic E-state index is 11.9. The van der Waals surface area contributed by atoms with Gasteiger partial charge in [0.05, 0.1) is 12.9 Å². The zero-order chi connectivity index (χ0) is 16.6. The molecule has 2 unspecified atom stereocenters. The van der Waals surface area contributed by atoms with Crippen LogP contribution in [0.2, 0.25) is 0 Å². The Labute approximate surface area is 130 Å². The van der Waals surface area contributed by atoms with Crippen LogP contribution in [-0.4, -0.2) is 47.1 Å². The topological polar surface area (TPSA) is 92.7 Å². The second-order valence-electron chi connectivity index (χ2n) is 5.59. The number of methoxy groups -OCH3 is 1. The Morgan fingerprint density at radius 1 is 1.19 bits per heavy atom. The number of esters is 1. The van der Waals surface area contributed by atoms with Gasteiger partial charge in [-0.05, 0) is 18.3 Å². The molecule has 122 valence electrons. The van der Waals surface area contributed by atoms with Crippen LogP contribution in [0.3, 0.4) is 0 Å². The third kappa shape index (κ3) is 7.94. The van der Waals surface area contributed by atoms with E-state index in [4.69, 9.17) is 5.11 Å². The fourth-order valence-corrected chi connectivity index (χ4v) is 2.72. The number of rotatable bonds is 9. The van der Waals surface area contributed by atoms with Gasteiger partial charge in [-0.1, -0.05) is 27.7 Å². The number of hydrogen-bond acceptors (Lipinski definition) is 5. The number of ether oxygens (including phenoxy) is 1. The number of carboxylic acids is 1. The van der Waals surface area contributed by atoms with Crippen molar-refractivity contribution in [3.63, 3.8) is 0 Å². The average Bonchev–Trinajstić information content (AvgIpc) is 2.35. The average molecular weight is 319 g/mol. The molecule has 0 heterocycles. The van der Waals surface area contributed by atoms with E-state index >= 15 is 0 Å². The standard InChI is InChI=1S/C14H25NO5S/c1-8(2)6-10(14(19)20-5)15-11(16)7-21-12(9(3)4)13(17)18/h8-10,12H,6-7H2,1-5H3,(H,15,16)(H,17,18). The van der Waals surface area contributed by atoms with Gasteiger partial charge < -0.3 is 15.2 Å². The summed E-state index contributed by atoms with van der Waals surface area (Å²) in [6.07, 6.45) is 0.482. The van der Waals surface area contributed by atoms with Crippen LogP contribution in [0, 0.1) is 11.8 Å². The lowest BCUT2D eigenvalue weighted by Crippen LogP contribution is -2.43. The number of nitrogens with one attached hydrogen (secondary N) is 1. The molecule has 7 heteroatoms. The van der Waals surface area contributed by atoms with Crippen LogP contribution < -0.4 is 5.32 Å². The van der Waals surface area contributed by atoms with Crippen molar-refractivity contribution < 1.29 is 24.2 Å². The molecule has 1 amide bonds. The van der Waals surface area contributed by atoms with Gasteiger partial charge in [0.1, 0.15) is 11.3 Å². The van der Waals surface area contributed by atoms with Crippen molar-refractivity contribution in [3.8, 4) is 0 Å². The molecule has 0 aromatic heterocycles. The summed E-state index contributed by atoms with van der Waals surface area (Å²) in [6.45, 7) is 7.46. The molecule has 2 N–H and O–H groups in total. The summed E-state index contributed by atoms with van der Waals surface area (Å²) < 4.78 is 4.66. The summed E-state index contributed by atoms with van der Waals surface area (Å²) in [4.78, 5) is 34.5. The first-order valence-corrected chi connectivity index (χ1v) is 7.95. The maximum Gasteiger partial charge on any atom is 0.328 e. The number of carbonyl (C=O) groups is 3. The highest BCUT2D eigenvalue weighted by atomic mass is 32.2. The van der Waals surface area contributed by atoms with Crippen LogP contribution in [0.5, 0.6) is 0 Å². The first kappa shape index (κ1) is 19.8. The van der Waals surface area contributed by atoms with Gasteiger partial charge in [0.25, 0.3) is 0 Å². The van der Waals surface area contributed by atoms with Gasteiger partial charge in [-0.3, -0.25) is 9.59 Å². The predicted molar refractivity (Wildman–Crippen MR) is 82.1 cm³/mol. The van der Waals surface area contributed by atoms with E-state index in [0.29, 0.717) is 6.42 Å². The molecule has 0 saturated carbocycles. The highest BCUT2D eigenvalue weighted by Crippen LogP contribution is 2.19. The van der Waals surface area contributed by atoms with Crippen molar-refractivity contribution in [2.45, 2.75) is 45.4 Å². The fourth-order valence-electron chi connectivity index (χ4n) is 1.78. The minimum atomic E-state index is -0.936. The molecule has 0 aromatic rings. The Hall–Kier alpha value is -1.24. The molecule has 0 aliphatic heterocycles. The third-order valence-electron chi connectivity index (χ3n) is 2.77. The number of carbonyl (C=O) groups excluding carboxylic acids is 2. The summed E-state index contributed by atoms with van der Waals surface area (Å²) in [5.74, 6) is -1.63. The number of hydrogen-bond donors (Lipinski definition) is 2. The molecule has 0 aliphatic rings. The molecule has 21 heavy (non-hydrogen) atoms. The van der Waals surface area contributed by atoms with Crippen molar-refractivity contribution >= 4 is 29.6 Å². The molecule has 0 bridgehead atoms. The first-order chi connectivity index (χ1) is 9.68. The molecule has 6 nitrogen and oxygen atoms in total. The lowest BCUT2D eigenvalue weighted by molar-refractivity contribution is -0.145. The van der Waals surface area contributed by atoms with E-state index in [9.17, 15) is 14.4 Å². The highest BCUT2D eigenvalue weighted by molar-refractivity contribution is 8.01. The van der Waals surface area contributed by atoms with Crippen LogP contribution in [-0.2, 0) is 19.1 Å². The number of thioether (sulfide) groups is 1. The molecule has 0 fully saturated rings. The van der Waals surface area contributed by atoms with Gasteiger partial charge in [-0.25, -0.2) is 4.79 Å². The Kier molecular flexibility index (Phi) is 9.08. The van der Waals surface area contributed by atoms with Crippen LogP contribution in [0.1, 0.15) is 34.1 Å². The van der Waals surface area contributed by atoms with E-state index in [0.717, 1.165) is 11.8 Å². The minimum Gasteiger partial charge on any atom is -0.480 e. The maximum absolute atomic E-state index is 11.9. The van der Waals surface area contributed by atoms with E-state index in [1.807, 2.05) is 13.8 Å². The van der Waals surface area contributed by atoms with E-state index in [1.54, 1.807) is 13.8 Å². The smallest absolute Gasteiger partial charge is 0.328 e. The summed E-state index contributed by atoms with van der Waals surface area (Å²) in [7, 11) is 1.27. The van der Waals surface area contributed by atoms with Crippen molar-refractivity contribution in [2.24, 2.45) is 11.8 Å². The first-order valence-electron chi connectivity index (χ1n) is 6.90. The van der Waals surface area contributed by atoms with Crippen LogP contribution >= 0.6 is 11.8 Å². The van der Waals surface area contributed by atoms with Gasteiger partial charge >= 0.3 is 11.9 Å². The SMILES string of the molecule is COC(=O)C(CC(C)C)NC(=O)CSC(C(=O)O)C(C)C. The van der Waals surface area contributed by atoms with E-state index < -0.39 is 23.2 Å². The van der Waals surface area contributed by atoms with Gasteiger partial charge in [0.2, 0.25) is 5.91 Å². The van der Waals surface area contributed by atoms with Crippen LogP contribution in [0.4, 0.5) is 0 Å². The van der Waals surface area contributed by atoms with Crippen molar-refractivity contribution in [1.29, 1.82) is 0 Å². The molecular formula is C14H25NO5S. The molecule has 0 radical (unpaired) electrons. The normalized spacial score (nSPS) is 13.9. The Bertz CT molecular complexity index is 370. The fraction of sp³-hybridized carbons (Fsp3) is 0.786. The molecule has 0 saturated heterocycles. The van der Waals surface area contributed by atoms with Gasteiger partial charge in [0, 0.05) is 0 Å². The third-order valence-corrected chi connectivity index (χ3v) is 4.30. The van der Waals surface area contributed by atoms with Gasteiger partial charge in [-0.2, -0.15) is 0 Å². The molecule has 0 aliphatic carbocycles. The van der Waals surface area contributed by atoms with Crippen molar-refractivity contribution in [1.82, 2.24) is 5.32 Å². The second-order valence-corrected chi connectivity index (χ2v) is 6.72. The zero-order valence-corrected chi connectivity index (χ0v) is 14.0. The van der Waals surface area contributed by atoms with Crippen LogP contribution in [0.15, 0.2) is 0 Å². The Morgan fingerprint density at radius 3 is 2.14 bits per heavy atom. The second kappa shape index (κ2) is 9.65. The predicted octanol–water partition coefficient (Wildman–Crippen LogP) is 1.53. The van der Waals surface area contributed by atoms with E-state index in [-0.39, 0.29) is 23.5 Å². The summed E-state index contributed by atoms with van der Waals surface area (Å²) in [6, 6.07) is -0.689. The zero-order valence-electron chi connectivity index (χ0n) is 13.2. The summed E-state index contributed by atoms with van der Waals surface area (Å²) in [5, 5.41) is 11.0. The lowest BCUT2D eigenvalue weighted by atomic mass is 10.0. The summed E-state index contributed by atoms with van der Waals surface area (Å²) >= 11 is 1.06. The Balaban J connectivity index is 4.50. The molecular weight excluding hydrogens is 294 g/mol. The minimum absolute atomic E-state index is 0.000730. The van der Waals surface area contributed by atoms with Crippen molar-refractivity contribution in [2.75, 3.05) is 12.9 Å². The number of carboxylic acid groups (broad SMARTS) is 1. The van der Waals surface area contributed by atoms with E-state index in [1.165, 1.54) is 7.11 Å². The van der Waals surface area contributed by atoms with Crippen molar-refractivity contribution in [3.05, 3.63) is 0 Å². The molecule has 0 aromatic carbocycles. The highest BCUT2D eigenvalue weighted by Gasteiger charge is 2.26. The van der Waals surface area contributed by atoms with E-state index in [2.05, 4.69) is 10.1 Å². The summed E-state index contributed by atoms with van der Waals surface area (Å²) in [5.41, 5.74) is 0. The Morgan fingerprint density at radius 2 is 1.76 bits per heavy atom.